The van der Waals surface area contributed by atoms with Crippen LogP contribution < -0.4 is 5.73 Å². The van der Waals surface area contributed by atoms with Gasteiger partial charge in [-0.3, -0.25) is 4.79 Å². The van der Waals surface area contributed by atoms with Gasteiger partial charge < -0.3 is 39.9 Å². The first-order valence-electron chi connectivity index (χ1n) is 16.1. The lowest BCUT2D eigenvalue weighted by Gasteiger charge is -2.37. The molecule has 0 aromatic rings. The molecular formula is C33H66N2O8. The highest BCUT2D eigenvalue weighted by Crippen LogP contribution is 2.32. The molecule has 4 N–H and O–H groups in total. The second-order valence-electron chi connectivity index (χ2n) is 12.8. The maximum atomic E-state index is 13.0. The molecule has 0 aliphatic carbocycles. The number of hydrogen-bond acceptors (Lipinski definition) is 9. The first-order chi connectivity index (χ1) is 19.9. The van der Waals surface area contributed by atoms with Gasteiger partial charge in [-0.15, -0.1) is 0 Å². The number of amides is 1. The number of hydrogen-bond donors (Lipinski definition) is 3. The third-order valence-corrected chi connectivity index (χ3v) is 8.42. The van der Waals surface area contributed by atoms with Crippen LogP contribution in [0.15, 0.2) is 0 Å². The quantitative estimate of drug-likeness (QED) is 0.198. The van der Waals surface area contributed by atoms with E-state index in [0.717, 1.165) is 25.5 Å². The van der Waals surface area contributed by atoms with Gasteiger partial charge in [0, 0.05) is 37.3 Å². The maximum Gasteiger partial charge on any atom is 0.405 e. The normalized spacial score (nSPS) is 24.7. The van der Waals surface area contributed by atoms with Gasteiger partial charge in [0.05, 0.1) is 18.3 Å². The molecule has 256 valence electrons. The molecule has 0 aromatic carbocycles. The monoisotopic (exact) mass is 618 g/mol. The predicted octanol–water partition coefficient (Wildman–Crippen LogP) is 5.21. The van der Waals surface area contributed by atoms with Gasteiger partial charge in [-0.1, -0.05) is 55.4 Å². The predicted molar refractivity (Wildman–Crippen MR) is 172 cm³/mol. The standard InChI is InChI=1S/C23H43NO6.C8H17NO2.C2H6/c1-9-19(29-8)23(7,30-22(24)28)12-17(5)20(26)15(3)10-14(2)11-16(4)21(27)18(6)13-25;1-6-4-7(9(2)3)5-8(10)11-6;1-2/h13-19,21,27H,9-12H2,1-8H3,(H2,24,28);6-8,10H,4-5H2,1-3H3;1-2H3/t14?,15-,16?,17-,18?,19?,21?,23+;;/m1../s1. The van der Waals surface area contributed by atoms with Crippen LogP contribution in [0.3, 0.4) is 0 Å². The van der Waals surface area contributed by atoms with E-state index in [0.29, 0.717) is 25.3 Å². The summed E-state index contributed by atoms with van der Waals surface area (Å²) >= 11 is 0. The Labute approximate surface area is 262 Å². The molecule has 1 aliphatic rings. The van der Waals surface area contributed by atoms with Crippen molar-refractivity contribution in [2.24, 2.45) is 35.3 Å². The van der Waals surface area contributed by atoms with Gasteiger partial charge >= 0.3 is 6.09 Å². The molecule has 0 spiro atoms. The molecule has 1 rings (SSSR count). The highest BCUT2D eigenvalue weighted by molar-refractivity contribution is 5.83. The molecule has 1 heterocycles. The van der Waals surface area contributed by atoms with Crippen LogP contribution in [0.25, 0.3) is 0 Å². The Morgan fingerprint density at radius 2 is 1.65 bits per heavy atom. The molecule has 0 radical (unpaired) electrons. The number of Topliss-reactive ketones (excluding diaryl/α,β-unsaturated/α-hetero) is 1. The van der Waals surface area contributed by atoms with Gasteiger partial charge in [0.15, 0.2) is 6.29 Å². The highest BCUT2D eigenvalue weighted by atomic mass is 16.6. The van der Waals surface area contributed by atoms with E-state index in [2.05, 4.69) is 11.8 Å². The van der Waals surface area contributed by atoms with Crippen LogP contribution >= 0.6 is 0 Å². The fourth-order valence-electron chi connectivity index (χ4n) is 6.21. The fraction of sp³-hybridized carbons (Fsp3) is 0.909. The summed E-state index contributed by atoms with van der Waals surface area (Å²) < 4.78 is 16.0. The molecule has 0 aromatic heterocycles. The van der Waals surface area contributed by atoms with E-state index >= 15 is 0 Å². The number of nitrogens with zero attached hydrogens (tertiary/aromatic N) is 1. The Morgan fingerprint density at radius 3 is 2.07 bits per heavy atom. The van der Waals surface area contributed by atoms with Gasteiger partial charge in [-0.25, -0.2) is 4.79 Å². The van der Waals surface area contributed by atoms with Gasteiger partial charge in [-0.2, -0.15) is 0 Å². The van der Waals surface area contributed by atoms with Crippen LogP contribution in [0, 0.1) is 29.6 Å². The first-order valence-corrected chi connectivity index (χ1v) is 16.1. The van der Waals surface area contributed by atoms with Crippen molar-refractivity contribution in [2.75, 3.05) is 21.2 Å². The molecule has 0 saturated carbocycles. The zero-order valence-electron chi connectivity index (χ0n) is 29.5. The number of nitrogens with two attached hydrogens (primary N) is 1. The highest BCUT2D eigenvalue weighted by Gasteiger charge is 2.40. The van der Waals surface area contributed by atoms with Crippen LogP contribution in [0.5, 0.6) is 0 Å². The zero-order chi connectivity index (χ0) is 34.1. The molecular weight excluding hydrogens is 552 g/mol. The summed E-state index contributed by atoms with van der Waals surface area (Å²) in [6.45, 7) is 19.1. The molecule has 1 aliphatic heterocycles. The largest absolute Gasteiger partial charge is 0.441 e. The molecule has 1 saturated heterocycles. The minimum absolute atomic E-state index is 0.0285. The number of primary amides is 1. The van der Waals surface area contributed by atoms with Gasteiger partial charge in [0.1, 0.15) is 17.7 Å². The van der Waals surface area contributed by atoms with E-state index in [1.165, 1.54) is 0 Å². The maximum absolute atomic E-state index is 13.0. The number of rotatable bonds is 16. The molecule has 8 unspecified atom stereocenters. The van der Waals surface area contributed by atoms with Crippen molar-refractivity contribution in [3.05, 3.63) is 0 Å². The Bertz CT molecular complexity index is 768. The third-order valence-electron chi connectivity index (χ3n) is 8.42. The number of carbonyl (C=O) groups excluding carboxylic acids is 3. The fourth-order valence-corrected chi connectivity index (χ4v) is 6.21. The smallest absolute Gasteiger partial charge is 0.405 e. The topological polar surface area (TPSA) is 149 Å². The SMILES string of the molecule is CC.CC1CC(N(C)C)CC(O)O1.CCC(OC)[C@](C)(C[C@@H](C)C(=O)[C@H](C)CC(C)CC(C)C(O)C(C)C=O)OC(N)=O. The molecule has 1 fully saturated rings. The summed E-state index contributed by atoms with van der Waals surface area (Å²) in [5.41, 5.74) is 4.27. The van der Waals surface area contributed by atoms with Crippen molar-refractivity contribution in [3.63, 3.8) is 0 Å². The molecule has 0 bridgehead atoms. The van der Waals surface area contributed by atoms with Gasteiger partial charge in [0.25, 0.3) is 0 Å². The van der Waals surface area contributed by atoms with Crippen LogP contribution in [0.2, 0.25) is 0 Å². The first kappa shape index (κ1) is 43.5. The van der Waals surface area contributed by atoms with Crippen molar-refractivity contribution in [1.29, 1.82) is 0 Å². The van der Waals surface area contributed by atoms with Crippen LogP contribution in [-0.2, 0) is 23.8 Å². The second-order valence-corrected chi connectivity index (χ2v) is 12.8. The summed E-state index contributed by atoms with van der Waals surface area (Å²) in [6, 6.07) is 0.466. The van der Waals surface area contributed by atoms with E-state index in [1.54, 1.807) is 21.0 Å². The number of carbonyl (C=O) groups is 3. The third kappa shape index (κ3) is 16.3. The molecule has 10 heteroatoms. The average Bonchev–Trinajstić information content (AvgIpc) is 2.92. The van der Waals surface area contributed by atoms with Crippen molar-refractivity contribution in [3.8, 4) is 0 Å². The number of aldehydes is 1. The lowest BCUT2D eigenvalue weighted by Crippen LogP contribution is -2.48. The van der Waals surface area contributed by atoms with Crippen molar-refractivity contribution < 1.29 is 38.8 Å². The Kier molecular flexibility index (Phi) is 22.3. The van der Waals surface area contributed by atoms with E-state index in [9.17, 15) is 24.6 Å². The van der Waals surface area contributed by atoms with Crippen molar-refractivity contribution in [2.45, 2.75) is 144 Å². The second kappa shape index (κ2) is 22.0. The molecule has 11 atom stereocenters. The minimum atomic E-state index is -0.987. The van der Waals surface area contributed by atoms with Crippen molar-refractivity contribution >= 4 is 18.2 Å². The summed E-state index contributed by atoms with van der Waals surface area (Å²) in [7, 11) is 5.62. The van der Waals surface area contributed by atoms with Crippen LogP contribution in [-0.4, -0.2) is 90.7 Å². The summed E-state index contributed by atoms with van der Waals surface area (Å²) in [5, 5.41) is 19.5. The molecule has 10 nitrogen and oxygen atoms in total. The molecule has 43 heavy (non-hydrogen) atoms. The van der Waals surface area contributed by atoms with Gasteiger partial charge in [0.2, 0.25) is 0 Å². The minimum Gasteiger partial charge on any atom is -0.441 e. The van der Waals surface area contributed by atoms with E-state index < -0.39 is 30.0 Å². The number of methoxy groups -OCH3 is 1. The Morgan fingerprint density at radius 1 is 1.09 bits per heavy atom. The number of aliphatic hydroxyl groups is 2. The van der Waals surface area contributed by atoms with Crippen molar-refractivity contribution in [1.82, 2.24) is 4.90 Å². The van der Waals surface area contributed by atoms with Crippen LogP contribution in [0.1, 0.15) is 108 Å². The average molecular weight is 619 g/mol. The Balaban J connectivity index is 0. The zero-order valence-corrected chi connectivity index (χ0v) is 29.5. The molecule has 1 amide bonds. The van der Waals surface area contributed by atoms with E-state index in [-0.39, 0.29) is 41.7 Å². The number of aliphatic hydroxyl groups excluding tert-OH is 2. The Hall–Kier alpha value is -1.59. The van der Waals surface area contributed by atoms with E-state index in [4.69, 9.17) is 19.9 Å². The summed E-state index contributed by atoms with van der Waals surface area (Å²) in [5.74, 6) is -0.625. The van der Waals surface area contributed by atoms with E-state index in [1.807, 2.05) is 62.6 Å². The lowest BCUT2D eigenvalue weighted by molar-refractivity contribution is -0.172. The number of ether oxygens (including phenoxy) is 3. The lowest BCUT2D eigenvalue weighted by atomic mass is 9.78. The summed E-state index contributed by atoms with van der Waals surface area (Å²) in [4.78, 5) is 37.5. The van der Waals surface area contributed by atoms with Crippen LogP contribution in [0.4, 0.5) is 4.79 Å². The number of ketones is 1. The summed E-state index contributed by atoms with van der Waals surface area (Å²) in [6.07, 6.45) is 2.58. The van der Waals surface area contributed by atoms with Gasteiger partial charge in [-0.05, 0) is 71.9 Å².